The van der Waals surface area contributed by atoms with Crippen LogP contribution in [0.15, 0.2) is 18.5 Å². The summed E-state index contributed by atoms with van der Waals surface area (Å²) in [6, 6.07) is 1.61. The third kappa shape index (κ3) is 4.00. The maximum atomic E-state index is 13.0. The summed E-state index contributed by atoms with van der Waals surface area (Å²) in [6.07, 6.45) is 10.7. The Morgan fingerprint density at radius 2 is 2.38 bits per heavy atom. The van der Waals surface area contributed by atoms with Crippen LogP contribution in [0.5, 0.6) is 0 Å². The van der Waals surface area contributed by atoms with Gasteiger partial charge in [-0.25, -0.2) is 4.39 Å². The molecule has 1 N–H and O–H groups in total. The van der Waals surface area contributed by atoms with Crippen molar-refractivity contribution in [2.24, 2.45) is 0 Å². The summed E-state index contributed by atoms with van der Waals surface area (Å²) in [5.74, 6) is 2.30. The van der Waals surface area contributed by atoms with Gasteiger partial charge in [0.15, 0.2) is 0 Å². The standard InChI is InChI=1S/C13H17FN2/c1-3-5-6-13(16-7-4-2)11-8-12(14)10-15-9-11/h1,8-10,13,16H,4-7H2,2H3. The fraction of sp³-hybridized carbons (Fsp3) is 0.462. The van der Waals surface area contributed by atoms with Gasteiger partial charge in [0.25, 0.3) is 0 Å². The van der Waals surface area contributed by atoms with Gasteiger partial charge in [0.1, 0.15) is 5.82 Å². The molecule has 1 aromatic rings. The number of pyridine rings is 1. The lowest BCUT2D eigenvalue weighted by Crippen LogP contribution is -2.22. The molecule has 0 saturated heterocycles. The van der Waals surface area contributed by atoms with E-state index in [2.05, 4.69) is 23.1 Å². The predicted octanol–water partition coefficient (Wildman–Crippen LogP) is 2.67. The van der Waals surface area contributed by atoms with E-state index in [1.54, 1.807) is 6.20 Å². The van der Waals surface area contributed by atoms with E-state index in [1.165, 1.54) is 12.3 Å². The normalized spacial score (nSPS) is 12.1. The van der Waals surface area contributed by atoms with Crippen LogP contribution in [0.4, 0.5) is 4.39 Å². The number of rotatable bonds is 6. The molecular weight excluding hydrogens is 203 g/mol. The zero-order valence-electron chi connectivity index (χ0n) is 9.54. The van der Waals surface area contributed by atoms with Crippen molar-refractivity contribution >= 4 is 0 Å². The van der Waals surface area contributed by atoms with E-state index in [-0.39, 0.29) is 11.9 Å². The van der Waals surface area contributed by atoms with Crippen LogP contribution in [0.3, 0.4) is 0 Å². The molecule has 0 bridgehead atoms. The molecule has 86 valence electrons. The van der Waals surface area contributed by atoms with E-state index in [4.69, 9.17) is 6.42 Å². The van der Waals surface area contributed by atoms with E-state index in [0.29, 0.717) is 6.42 Å². The summed E-state index contributed by atoms with van der Waals surface area (Å²) in [4.78, 5) is 3.85. The molecule has 1 heterocycles. The largest absolute Gasteiger partial charge is 0.310 e. The first-order valence-corrected chi connectivity index (χ1v) is 5.55. The van der Waals surface area contributed by atoms with Crippen LogP contribution in [-0.2, 0) is 0 Å². The highest BCUT2D eigenvalue weighted by Crippen LogP contribution is 2.18. The van der Waals surface area contributed by atoms with Crippen molar-refractivity contribution in [3.63, 3.8) is 0 Å². The molecule has 3 heteroatoms. The molecule has 0 saturated carbocycles. The molecule has 0 radical (unpaired) electrons. The zero-order chi connectivity index (χ0) is 11.8. The van der Waals surface area contributed by atoms with Gasteiger partial charge in [-0.1, -0.05) is 6.92 Å². The molecule has 0 aliphatic carbocycles. The maximum absolute atomic E-state index is 13.0. The Balaban J connectivity index is 2.70. The first-order chi connectivity index (χ1) is 7.77. The second kappa shape index (κ2) is 6.97. The number of halogens is 1. The third-order valence-electron chi connectivity index (χ3n) is 2.35. The van der Waals surface area contributed by atoms with Gasteiger partial charge in [-0.2, -0.15) is 0 Å². The minimum absolute atomic E-state index is 0.0965. The number of terminal acetylenes is 1. The van der Waals surface area contributed by atoms with Crippen molar-refractivity contribution in [1.29, 1.82) is 0 Å². The summed E-state index contributed by atoms with van der Waals surface area (Å²) in [6.45, 7) is 2.99. The fourth-order valence-electron chi connectivity index (χ4n) is 1.55. The highest BCUT2D eigenvalue weighted by atomic mass is 19.1. The van der Waals surface area contributed by atoms with Crippen molar-refractivity contribution in [2.45, 2.75) is 32.2 Å². The molecule has 1 rings (SSSR count). The average Bonchev–Trinajstić information content (AvgIpc) is 2.29. The lowest BCUT2D eigenvalue weighted by molar-refractivity contribution is 0.499. The minimum Gasteiger partial charge on any atom is -0.310 e. The molecule has 0 aliphatic rings. The van der Waals surface area contributed by atoms with Crippen molar-refractivity contribution in [1.82, 2.24) is 10.3 Å². The maximum Gasteiger partial charge on any atom is 0.141 e. The summed E-state index contributed by atoms with van der Waals surface area (Å²) in [7, 11) is 0. The van der Waals surface area contributed by atoms with Crippen molar-refractivity contribution < 1.29 is 4.39 Å². The Morgan fingerprint density at radius 3 is 3.00 bits per heavy atom. The van der Waals surface area contributed by atoms with Crippen LogP contribution < -0.4 is 5.32 Å². The van der Waals surface area contributed by atoms with Crippen molar-refractivity contribution in [3.8, 4) is 12.3 Å². The van der Waals surface area contributed by atoms with Crippen molar-refractivity contribution in [3.05, 3.63) is 29.8 Å². The van der Waals surface area contributed by atoms with E-state index in [1.807, 2.05) is 0 Å². The Hall–Kier alpha value is -1.40. The highest BCUT2D eigenvalue weighted by Gasteiger charge is 2.10. The molecule has 16 heavy (non-hydrogen) atoms. The lowest BCUT2D eigenvalue weighted by Gasteiger charge is -2.17. The van der Waals surface area contributed by atoms with E-state index < -0.39 is 0 Å². The molecule has 1 aromatic heterocycles. The highest BCUT2D eigenvalue weighted by molar-refractivity contribution is 5.15. The van der Waals surface area contributed by atoms with Crippen LogP contribution in [0, 0.1) is 18.2 Å². The molecule has 2 nitrogen and oxygen atoms in total. The van der Waals surface area contributed by atoms with E-state index >= 15 is 0 Å². The third-order valence-corrected chi connectivity index (χ3v) is 2.35. The van der Waals surface area contributed by atoms with E-state index in [9.17, 15) is 4.39 Å². The number of hydrogen-bond acceptors (Lipinski definition) is 2. The Kier molecular flexibility index (Phi) is 5.52. The Labute approximate surface area is 96.3 Å². The Morgan fingerprint density at radius 1 is 1.56 bits per heavy atom. The molecule has 1 unspecified atom stereocenters. The van der Waals surface area contributed by atoms with Gasteiger partial charge in [0.2, 0.25) is 0 Å². The number of nitrogens with zero attached hydrogens (tertiary/aromatic N) is 1. The Bertz CT molecular complexity index is 357. The molecule has 0 amide bonds. The predicted molar refractivity (Wildman–Crippen MR) is 63.3 cm³/mol. The second-order valence-corrected chi connectivity index (χ2v) is 3.69. The quantitative estimate of drug-likeness (QED) is 0.745. The van der Waals surface area contributed by atoms with Crippen LogP contribution in [0.2, 0.25) is 0 Å². The SMILES string of the molecule is C#CCCC(NCCC)c1cncc(F)c1. The minimum atomic E-state index is -0.304. The van der Waals surface area contributed by atoms with Gasteiger partial charge in [0.05, 0.1) is 6.20 Å². The zero-order valence-corrected chi connectivity index (χ0v) is 9.54. The molecule has 0 spiro atoms. The van der Waals surface area contributed by atoms with Crippen LogP contribution in [0.1, 0.15) is 37.8 Å². The van der Waals surface area contributed by atoms with Gasteiger partial charge in [-0.3, -0.25) is 4.98 Å². The van der Waals surface area contributed by atoms with Crippen LogP contribution in [0.25, 0.3) is 0 Å². The summed E-state index contributed by atoms with van der Waals surface area (Å²) < 4.78 is 13.0. The lowest BCUT2D eigenvalue weighted by atomic mass is 10.0. The van der Waals surface area contributed by atoms with E-state index in [0.717, 1.165) is 24.9 Å². The molecule has 0 fully saturated rings. The smallest absolute Gasteiger partial charge is 0.141 e. The average molecular weight is 220 g/mol. The van der Waals surface area contributed by atoms with Crippen LogP contribution in [-0.4, -0.2) is 11.5 Å². The van der Waals surface area contributed by atoms with Crippen molar-refractivity contribution in [2.75, 3.05) is 6.54 Å². The van der Waals surface area contributed by atoms with Gasteiger partial charge < -0.3 is 5.32 Å². The number of aromatic nitrogens is 1. The molecule has 0 aromatic carbocycles. The first-order valence-electron chi connectivity index (χ1n) is 5.55. The van der Waals surface area contributed by atoms with Gasteiger partial charge in [-0.05, 0) is 31.0 Å². The number of hydrogen-bond donors (Lipinski definition) is 1. The number of nitrogens with one attached hydrogen (secondary N) is 1. The first kappa shape index (κ1) is 12.7. The fourth-order valence-corrected chi connectivity index (χ4v) is 1.55. The van der Waals surface area contributed by atoms with Gasteiger partial charge in [-0.15, -0.1) is 12.3 Å². The summed E-state index contributed by atoms with van der Waals surface area (Å²) in [5.41, 5.74) is 0.865. The molecule has 1 atom stereocenters. The van der Waals surface area contributed by atoms with Gasteiger partial charge >= 0.3 is 0 Å². The molecule has 0 aliphatic heterocycles. The molecular formula is C13H17FN2. The summed E-state index contributed by atoms with van der Waals surface area (Å²) >= 11 is 0. The monoisotopic (exact) mass is 220 g/mol. The second-order valence-electron chi connectivity index (χ2n) is 3.69. The summed E-state index contributed by atoms with van der Waals surface area (Å²) in [5, 5.41) is 3.35. The topological polar surface area (TPSA) is 24.9 Å². The van der Waals surface area contributed by atoms with Crippen LogP contribution >= 0.6 is 0 Å². The van der Waals surface area contributed by atoms with Gasteiger partial charge in [0, 0.05) is 18.7 Å².